The van der Waals surface area contributed by atoms with Gasteiger partial charge in [0.1, 0.15) is 5.49 Å². The molecule has 3 aromatic carbocycles. The molecule has 6 rings (SSSR count). The number of carbonyl (C=O) groups is 1. The standard InChI is InChI=1S/C33H34N4O2/c1-37-29-17-8-6-15-26(29)31-30(25-14-5-7-16-28(25)36-31)32(37)35-20-19-34-18-10-9-11-22-21-27(33(38)39-2)24-13-4-3-12-23(22)24/h3-8,12-17,21-22,34,36H,9-11,18-20H2,1-2H3. The molecule has 1 unspecified atom stereocenters. The lowest BCUT2D eigenvalue weighted by atomic mass is 9.95. The molecule has 2 N–H and O–H groups in total. The largest absolute Gasteiger partial charge is 0.465 e. The molecular weight excluding hydrogens is 484 g/mol. The van der Waals surface area contributed by atoms with Crippen molar-refractivity contribution in [1.29, 1.82) is 0 Å². The molecule has 6 heteroatoms. The fraction of sp³-hybridized carbons (Fsp3) is 0.273. The molecule has 0 amide bonds. The second-order valence-corrected chi connectivity index (χ2v) is 10.2. The number of ether oxygens (including phenoxy) is 1. The van der Waals surface area contributed by atoms with Gasteiger partial charge in [0.25, 0.3) is 0 Å². The highest BCUT2D eigenvalue weighted by Crippen LogP contribution is 2.39. The van der Waals surface area contributed by atoms with Crippen molar-refractivity contribution in [2.45, 2.75) is 25.2 Å². The Hall–Kier alpha value is -4.16. The summed E-state index contributed by atoms with van der Waals surface area (Å²) in [5.74, 6) is 0.0249. The van der Waals surface area contributed by atoms with Crippen LogP contribution in [0.25, 0.3) is 38.3 Å². The zero-order valence-electron chi connectivity index (χ0n) is 22.5. The number of unbranched alkanes of at least 4 members (excludes halogenated alkanes) is 1. The average molecular weight is 519 g/mol. The third-order valence-corrected chi connectivity index (χ3v) is 7.87. The molecule has 1 atom stereocenters. The van der Waals surface area contributed by atoms with E-state index in [0.29, 0.717) is 12.1 Å². The fourth-order valence-corrected chi connectivity index (χ4v) is 5.97. The first-order valence-corrected chi connectivity index (χ1v) is 13.8. The maximum atomic E-state index is 12.2. The number of nitrogens with zero attached hydrogens (tertiary/aromatic N) is 2. The monoisotopic (exact) mass is 518 g/mol. The predicted octanol–water partition coefficient (Wildman–Crippen LogP) is 5.83. The normalized spacial score (nSPS) is 15.3. The second-order valence-electron chi connectivity index (χ2n) is 10.2. The van der Waals surface area contributed by atoms with Gasteiger partial charge in [0.05, 0.1) is 35.6 Å². The van der Waals surface area contributed by atoms with E-state index in [0.717, 1.165) is 54.4 Å². The molecule has 1 aliphatic carbocycles. The molecule has 1 aliphatic rings. The van der Waals surface area contributed by atoms with Gasteiger partial charge in [-0.05, 0) is 42.6 Å². The number of esters is 1. The predicted molar refractivity (Wildman–Crippen MR) is 159 cm³/mol. The van der Waals surface area contributed by atoms with Crippen LogP contribution in [0.4, 0.5) is 0 Å². The number of pyridine rings is 1. The Morgan fingerprint density at radius 1 is 0.974 bits per heavy atom. The lowest BCUT2D eigenvalue weighted by Crippen LogP contribution is -2.23. The maximum Gasteiger partial charge on any atom is 0.338 e. The number of carbonyl (C=O) groups excluding carboxylic acids is 1. The molecule has 0 spiro atoms. The van der Waals surface area contributed by atoms with Crippen molar-refractivity contribution in [2.24, 2.45) is 12.0 Å². The molecular formula is C33H34N4O2. The van der Waals surface area contributed by atoms with Crippen LogP contribution in [0.1, 0.15) is 36.3 Å². The van der Waals surface area contributed by atoms with Crippen LogP contribution in [0.3, 0.4) is 0 Å². The number of aryl methyl sites for hydroxylation is 1. The van der Waals surface area contributed by atoms with Crippen molar-refractivity contribution in [1.82, 2.24) is 14.9 Å². The van der Waals surface area contributed by atoms with Gasteiger partial charge in [0.2, 0.25) is 0 Å². The highest BCUT2D eigenvalue weighted by Gasteiger charge is 2.27. The van der Waals surface area contributed by atoms with Crippen molar-refractivity contribution in [3.63, 3.8) is 0 Å². The third-order valence-electron chi connectivity index (χ3n) is 7.87. The molecule has 0 saturated heterocycles. The van der Waals surface area contributed by atoms with Gasteiger partial charge in [0.15, 0.2) is 0 Å². The average Bonchev–Trinajstić information content (AvgIpc) is 3.55. The number of nitrogens with one attached hydrogen (secondary N) is 2. The van der Waals surface area contributed by atoms with E-state index in [9.17, 15) is 4.79 Å². The zero-order chi connectivity index (χ0) is 26.8. The van der Waals surface area contributed by atoms with E-state index in [2.05, 4.69) is 82.6 Å². The molecule has 6 nitrogen and oxygen atoms in total. The van der Waals surface area contributed by atoms with Crippen LogP contribution in [0.15, 0.2) is 83.9 Å². The van der Waals surface area contributed by atoms with Crippen molar-refractivity contribution in [3.8, 4) is 0 Å². The van der Waals surface area contributed by atoms with Crippen LogP contribution < -0.4 is 10.8 Å². The number of para-hydroxylation sites is 2. The van der Waals surface area contributed by atoms with E-state index in [1.165, 1.54) is 34.3 Å². The Kier molecular flexibility index (Phi) is 7.03. The van der Waals surface area contributed by atoms with Crippen LogP contribution in [0.2, 0.25) is 0 Å². The Bertz CT molecular complexity index is 1780. The molecule has 39 heavy (non-hydrogen) atoms. The number of hydrogen-bond donors (Lipinski definition) is 2. The van der Waals surface area contributed by atoms with Crippen molar-refractivity contribution >= 4 is 44.3 Å². The Morgan fingerprint density at radius 3 is 2.62 bits per heavy atom. The topological polar surface area (TPSA) is 71.4 Å². The van der Waals surface area contributed by atoms with Gasteiger partial charge in [-0.25, -0.2) is 4.79 Å². The third kappa shape index (κ3) is 4.66. The van der Waals surface area contributed by atoms with Crippen molar-refractivity contribution in [3.05, 3.63) is 95.5 Å². The summed E-state index contributed by atoms with van der Waals surface area (Å²) in [4.78, 5) is 20.9. The van der Waals surface area contributed by atoms with E-state index in [4.69, 9.17) is 9.73 Å². The molecule has 0 radical (unpaired) electrons. The minimum atomic E-state index is -0.250. The Balaban J connectivity index is 1.10. The van der Waals surface area contributed by atoms with Gasteiger partial charge in [-0.15, -0.1) is 0 Å². The first-order valence-electron chi connectivity index (χ1n) is 13.8. The van der Waals surface area contributed by atoms with Crippen LogP contribution in [-0.2, 0) is 16.6 Å². The summed E-state index contributed by atoms with van der Waals surface area (Å²) in [6.45, 7) is 2.49. The van der Waals surface area contributed by atoms with E-state index in [1.807, 2.05) is 18.2 Å². The summed E-state index contributed by atoms with van der Waals surface area (Å²) >= 11 is 0. The Labute approximate surface area is 228 Å². The van der Waals surface area contributed by atoms with Gasteiger partial charge >= 0.3 is 5.97 Å². The molecule has 0 saturated carbocycles. The molecule has 198 valence electrons. The van der Waals surface area contributed by atoms with Gasteiger partial charge < -0.3 is 19.6 Å². The number of aromatic nitrogens is 2. The maximum absolute atomic E-state index is 12.2. The first-order chi connectivity index (χ1) is 19.2. The molecule has 0 bridgehead atoms. The lowest BCUT2D eigenvalue weighted by molar-refractivity contribution is -0.133. The summed E-state index contributed by atoms with van der Waals surface area (Å²) in [6, 6.07) is 25.1. The number of H-pyrrole nitrogens is 1. The highest BCUT2D eigenvalue weighted by molar-refractivity contribution is 6.18. The van der Waals surface area contributed by atoms with Gasteiger partial charge in [-0.2, -0.15) is 0 Å². The van der Waals surface area contributed by atoms with Gasteiger partial charge in [-0.3, -0.25) is 4.99 Å². The molecule has 5 aromatic rings. The van der Waals surface area contributed by atoms with Crippen molar-refractivity contribution < 1.29 is 9.53 Å². The summed E-state index contributed by atoms with van der Waals surface area (Å²) in [6.07, 6.45) is 5.27. The summed E-state index contributed by atoms with van der Waals surface area (Å²) < 4.78 is 7.21. The molecule has 0 fully saturated rings. The number of benzene rings is 3. The van der Waals surface area contributed by atoms with E-state index < -0.39 is 0 Å². The van der Waals surface area contributed by atoms with Crippen LogP contribution in [0, 0.1) is 0 Å². The molecule has 2 aromatic heterocycles. The zero-order valence-corrected chi connectivity index (χ0v) is 22.5. The number of allylic oxidation sites excluding steroid dienone is 1. The van der Waals surface area contributed by atoms with E-state index >= 15 is 0 Å². The number of rotatable bonds is 9. The van der Waals surface area contributed by atoms with Gasteiger partial charge in [0, 0.05) is 35.8 Å². The van der Waals surface area contributed by atoms with Crippen LogP contribution in [-0.4, -0.2) is 42.3 Å². The smallest absolute Gasteiger partial charge is 0.338 e. The number of methoxy groups -OCH3 is 1. The molecule has 2 heterocycles. The minimum absolute atomic E-state index is 0.250. The van der Waals surface area contributed by atoms with Crippen LogP contribution >= 0.6 is 0 Å². The lowest BCUT2D eigenvalue weighted by Gasteiger charge is -2.11. The Morgan fingerprint density at radius 2 is 1.74 bits per heavy atom. The summed E-state index contributed by atoms with van der Waals surface area (Å²) in [5, 5.41) is 7.17. The highest BCUT2D eigenvalue weighted by atomic mass is 16.5. The quantitative estimate of drug-likeness (QED) is 0.191. The number of hydrogen-bond acceptors (Lipinski definition) is 4. The molecule has 0 aliphatic heterocycles. The van der Waals surface area contributed by atoms with Crippen LogP contribution in [0.5, 0.6) is 0 Å². The second kappa shape index (κ2) is 10.9. The number of fused-ring (bicyclic) bond motifs is 6. The van der Waals surface area contributed by atoms with Crippen molar-refractivity contribution in [2.75, 3.05) is 26.7 Å². The first kappa shape index (κ1) is 25.1. The SMILES string of the molecule is COC(=O)C1=CC(CCCCNCCN=c2c3c4ccccc4[nH]c3c3ccccc3n2C)c2ccccc21. The minimum Gasteiger partial charge on any atom is -0.465 e. The van der Waals surface area contributed by atoms with E-state index in [1.54, 1.807) is 0 Å². The summed E-state index contributed by atoms with van der Waals surface area (Å²) in [5.41, 5.74) is 7.41. The summed E-state index contributed by atoms with van der Waals surface area (Å²) in [7, 11) is 3.55. The fourth-order valence-electron chi connectivity index (χ4n) is 5.97. The van der Waals surface area contributed by atoms with Gasteiger partial charge in [-0.1, -0.05) is 73.2 Å². The van der Waals surface area contributed by atoms with E-state index in [-0.39, 0.29) is 11.9 Å². The number of aromatic amines is 1.